The van der Waals surface area contributed by atoms with Gasteiger partial charge in [0, 0.05) is 27.6 Å². The molecule has 19 heavy (non-hydrogen) atoms. The zero-order valence-corrected chi connectivity index (χ0v) is 14.0. The number of hydrogen-bond acceptors (Lipinski definition) is 3. The van der Waals surface area contributed by atoms with Crippen molar-refractivity contribution in [3.05, 3.63) is 33.8 Å². The number of benzene rings is 1. The van der Waals surface area contributed by atoms with Gasteiger partial charge in [0.1, 0.15) is 11.6 Å². The molecule has 2 rings (SSSR count). The molecule has 1 N–H and O–H groups in total. The van der Waals surface area contributed by atoms with Gasteiger partial charge < -0.3 is 5.32 Å². The molecule has 1 aliphatic rings. The first-order chi connectivity index (χ1) is 9.06. The molecule has 0 radical (unpaired) electrons. The average Bonchev–Trinajstić information content (AvgIpc) is 2.40. The molecule has 106 valence electrons. The van der Waals surface area contributed by atoms with Crippen LogP contribution in [0.2, 0.25) is 0 Å². The topological polar surface area (TPSA) is 12.0 Å². The van der Waals surface area contributed by atoms with Gasteiger partial charge in [0.15, 0.2) is 0 Å². The van der Waals surface area contributed by atoms with Crippen LogP contribution in [-0.4, -0.2) is 29.1 Å². The van der Waals surface area contributed by atoms with E-state index in [0.717, 1.165) is 11.5 Å². The minimum atomic E-state index is -0.497. The molecular weight excluding hydrogens is 352 g/mol. The van der Waals surface area contributed by atoms with E-state index in [1.807, 2.05) is 11.8 Å². The molecular formula is C13H16BrF2NS2. The van der Waals surface area contributed by atoms with Crippen LogP contribution >= 0.6 is 39.5 Å². The maximum absolute atomic E-state index is 14.2. The van der Waals surface area contributed by atoms with Crippen molar-refractivity contribution in [3.8, 4) is 0 Å². The van der Waals surface area contributed by atoms with Crippen LogP contribution in [0.5, 0.6) is 0 Å². The van der Waals surface area contributed by atoms with E-state index >= 15 is 0 Å². The van der Waals surface area contributed by atoms with Crippen molar-refractivity contribution in [1.82, 2.24) is 5.32 Å². The van der Waals surface area contributed by atoms with Crippen molar-refractivity contribution >= 4 is 39.5 Å². The van der Waals surface area contributed by atoms with Crippen molar-refractivity contribution < 1.29 is 8.78 Å². The summed E-state index contributed by atoms with van der Waals surface area (Å²) in [6, 6.07) is 2.41. The Hall–Kier alpha value is 0.220. The maximum Gasteiger partial charge on any atom is 0.145 e. The van der Waals surface area contributed by atoms with Crippen LogP contribution in [0, 0.1) is 11.6 Å². The van der Waals surface area contributed by atoms with Crippen molar-refractivity contribution in [2.75, 3.05) is 18.6 Å². The van der Waals surface area contributed by atoms with Gasteiger partial charge in [-0.25, -0.2) is 8.78 Å². The van der Waals surface area contributed by atoms with Gasteiger partial charge in [-0.05, 0) is 35.1 Å². The Kier molecular flexibility index (Phi) is 5.57. The summed E-state index contributed by atoms with van der Waals surface area (Å²) in [5, 5.41) is 3.63. The van der Waals surface area contributed by atoms with Crippen molar-refractivity contribution in [1.29, 1.82) is 0 Å². The van der Waals surface area contributed by atoms with Gasteiger partial charge in [-0.15, -0.1) is 0 Å². The molecule has 1 nitrogen and oxygen atoms in total. The first-order valence-corrected chi connectivity index (χ1v) is 8.99. The Balaban J connectivity index is 2.39. The minimum absolute atomic E-state index is 0.142. The summed E-state index contributed by atoms with van der Waals surface area (Å²) >= 11 is 6.79. The van der Waals surface area contributed by atoms with Gasteiger partial charge in [0.2, 0.25) is 0 Å². The fraction of sp³-hybridized carbons (Fsp3) is 0.538. The van der Waals surface area contributed by atoms with Gasteiger partial charge in [-0.3, -0.25) is 0 Å². The lowest BCUT2D eigenvalue weighted by atomic mass is 10.0. The molecule has 1 aromatic carbocycles. The normalized spacial score (nSPS) is 25.3. The third kappa shape index (κ3) is 3.28. The lowest BCUT2D eigenvalue weighted by Crippen LogP contribution is -2.37. The number of halogens is 3. The van der Waals surface area contributed by atoms with Crippen molar-refractivity contribution in [3.63, 3.8) is 0 Å². The molecule has 3 unspecified atom stereocenters. The molecule has 1 fully saturated rings. The summed E-state index contributed by atoms with van der Waals surface area (Å²) in [6.07, 6.45) is 0. The van der Waals surface area contributed by atoms with Gasteiger partial charge in [0.25, 0.3) is 0 Å². The Labute approximate surface area is 129 Å². The molecule has 0 spiro atoms. The monoisotopic (exact) mass is 367 g/mol. The van der Waals surface area contributed by atoms with E-state index in [1.54, 1.807) is 18.8 Å². The number of thioether (sulfide) groups is 2. The average molecular weight is 368 g/mol. The predicted octanol–water partition coefficient (Wildman–Crippen LogP) is 4.22. The number of hydrogen-bond donors (Lipinski definition) is 1. The lowest BCUT2D eigenvalue weighted by molar-refractivity contribution is 0.475. The van der Waals surface area contributed by atoms with Gasteiger partial charge >= 0.3 is 0 Å². The molecule has 3 atom stereocenters. The highest BCUT2D eigenvalue weighted by Gasteiger charge is 2.34. The number of rotatable bonds is 3. The third-order valence-electron chi connectivity index (χ3n) is 3.27. The summed E-state index contributed by atoms with van der Waals surface area (Å²) in [7, 11) is 1.76. The van der Waals surface area contributed by atoms with E-state index in [-0.39, 0.29) is 16.9 Å². The molecule has 0 amide bonds. The highest BCUT2D eigenvalue weighted by molar-refractivity contribution is 9.10. The summed E-state index contributed by atoms with van der Waals surface area (Å²) in [5.74, 6) is 1.14. The minimum Gasteiger partial charge on any atom is -0.312 e. The molecule has 0 aromatic heterocycles. The smallest absolute Gasteiger partial charge is 0.145 e. The molecule has 1 aromatic rings. The Bertz CT molecular complexity index is 459. The standard InChI is InChI=1S/C13H16BrF2NS2/c1-7-13(19-6-5-18-7)12(17-2)10-9(15)4-3-8(14)11(10)16/h3-4,7,12-13,17H,5-6H2,1-2H3. The number of nitrogens with one attached hydrogen (secondary N) is 1. The summed E-state index contributed by atoms with van der Waals surface area (Å²) in [6.45, 7) is 2.12. The molecule has 6 heteroatoms. The van der Waals surface area contributed by atoms with Gasteiger partial charge in [0.05, 0.1) is 10.5 Å². The van der Waals surface area contributed by atoms with Crippen LogP contribution < -0.4 is 5.32 Å². The Morgan fingerprint density at radius 1 is 1.32 bits per heavy atom. The van der Waals surface area contributed by atoms with Crippen LogP contribution in [-0.2, 0) is 0 Å². The van der Waals surface area contributed by atoms with E-state index < -0.39 is 11.6 Å². The zero-order chi connectivity index (χ0) is 14.0. The molecule has 1 heterocycles. The maximum atomic E-state index is 14.2. The molecule has 1 aliphatic heterocycles. The zero-order valence-electron chi connectivity index (χ0n) is 10.8. The highest BCUT2D eigenvalue weighted by atomic mass is 79.9. The quantitative estimate of drug-likeness (QED) is 0.803. The van der Waals surface area contributed by atoms with E-state index in [2.05, 4.69) is 28.2 Å². The summed E-state index contributed by atoms with van der Waals surface area (Å²) < 4.78 is 28.6. The fourth-order valence-corrected chi connectivity index (χ4v) is 5.63. The van der Waals surface area contributed by atoms with Crippen LogP contribution in [0.15, 0.2) is 16.6 Å². The van der Waals surface area contributed by atoms with Gasteiger partial charge in [-0.2, -0.15) is 23.5 Å². The summed E-state index contributed by atoms with van der Waals surface area (Å²) in [4.78, 5) is 0. The van der Waals surface area contributed by atoms with Crippen molar-refractivity contribution in [2.24, 2.45) is 0 Å². The second-order valence-electron chi connectivity index (χ2n) is 4.43. The molecule has 0 bridgehead atoms. The van der Waals surface area contributed by atoms with Gasteiger partial charge in [-0.1, -0.05) is 6.92 Å². The highest BCUT2D eigenvalue weighted by Crippen LogP contribution is 2.40. The van der Waals surface area contributed by atoms with Crippen LogP contribution in [0.4, 0.5) is 8.78 Å². The lowest BCUT2D eigenvalue weighted by Gasteiger charge is -2.34. The largest absolute Gasteiger partial charge is 0.312 e. The van der Waals surface area contributed by atoms with E-state index in [9.17, 15) is 8.78 Å². The van der Waals surface area contributed by atoms with Crippen molar-refractivity contribution in [2.45, 2.75) is 23.5 Å². The van der Waals surface area contributed by atoms with E-state index in [0.29, 0.717) is 9.72 Å². The first kappa shape index (κ1) is 15.6. The molecule has 1 saturated heterocycles. The van der Waals surface area contributed by atoms with Crippen LogP contribution in [0.1, 0.15) is 18.5 Å². The SMILES string of the molecule is CNC(c1c(F)ccc(Br)c1F)C1SCCSC1C. The first-order valence-electron chi connectivity index (χ1n) is 6.10. The Morgan fingerprint density at radius 3 is 2.63 bits per heavy atom. The molecule has 0 saturated carbocycles. The Morgan fingerprint density at radius 2 is 2.00 bits per heavy atom. The fourth-order valence-electron chi connectivity index (χ4n) is 2.32. The third-order valence-corrected chi connectivity index (χ3v) is 7.07. The summed E-state index contributed by atoms with van der Waals surface area (Å²) in [5.41, 5.74) is 0.142. The second-order valence-corrected chi connectivity index (χ2v) is 8.06. The van der Waals surface area contributed by atoms with Crippen LogP contribution in [0.25, 0.3) is 0 Å². The van der Waals surface area contributed by atoms with Crippen LogP contribution in [0.3, 0.4) is 0 Å². The van der Waals surface area contributed by atoms with E-state index in [4.69, 9.17) is 0 Å². The second kappa shape index (κ2) is 6.78. The van der Waals surface area contributed by atoms with E-state index in [1.165, 1.54) is 12.1 Å². The molecule has 0 aliphatic carbocycles. The predicted molar refractivity (Wildman–Crippen MR) is 84.0 cm³/mol.